The summed E-state index contributed by atoms with van der Waals surface area (Å²) in [6, 6.07) is 18.1. The summed E-state index contributed by atoms with van der Waals surface area (Å²) in [6.07, 6.45) is 3.39. The molecule has 186 valence electrons. The molecule has 1 unspecified atom stereocenters. The zero-order chi connectivity index (χ0) is 25.7. The Hall–Kier alpha value is -4.27. The average Bonchev–Trinajstić information content (AvgIpc) is 3.27. The van der Waals surface area contributed by atoms with Crippen molar-refractivity contribution in [2.45, 2.75) is 33.0 Å². The van der Waals surface area contributed by atoms with Crippen LogP contribution in [0.15, 0.2) is 73.1 Å². The van der Waals surface area contributed by atoms with Gasteiger partial charge in [-0.05, 0) is 53.9 Å². The first-order chi connectivity index (χ1) is 17.3. The second kappa shape index (κ2) is 11.0. The Morgan fingerprint density at radius 2 is 1.75 bits per heavy atom. The van der Waals surface area contributed by atoms with E-state index in [1.54, 1.807) is 22.0 Å². The number of carbonyl (C=O) groups excluding carboxylic acids is 2. The van der Waals surface area contributed by atoms with Crippen LogP contribution in [0.2, 0.25) is 0 Å². The first kappa shape index (κ1) is 24.8. The second-order valence-electron chi connectivity index (χ2n) is 9.24. The van der Waals surface area contributed by atoms with Crippen molar-refractivity contribution in [3.05, 3.63) is 78.6 Å². The van der Waals surface area contributed by atoms with Crippen LogP contribution in [0.3, 0.4) is 0 Å². The van der Waals surface area contributed by atoms with Crippen molar-refractivity contribution in [3.63, 3.8) is 0 Å². The van der Waals surface area contributed by atoms with Crippen molar-refractivity contribution in [2.24, 2.45) is 5.92 Å². The summed E-state index contributed by atoms with van der Waals surface area (Å²) in [5.41, 5.74) is 4.01. The van der Waals surface area contributed by atoms with Crippen molar-refractivity contribution >= 4 is 34.2 Å². The van der Waals surface area contributed by atoms with Crippen molar-refractivity contribution in [2.75, 3.05) is 24.3 Å². The molecule has 9 nitrogen and oxygen atoms in total. The minimum atomic E-state index is -0.707. The van der Waals surface area contributed by atoms with Crippen molar-refractivity contribution in [3.8, 4) is 0 Å². The number of pyridine rings is 1. The highest BCUT2D eigenvalue weighted by molar-refractivity contribution is 5.97. The fourth-order valence-electron chi connectivity index (χ4n) is 4.15. The van der Waals surface area contributed by atoms with Gasteiger partial charge < -0.3 is 15.1 Å². The summed E-state index contributed by atoms with van der Waals surface area (Å²) in [5, 5.41) is 11.3. The molecule has 0 aliphatic rings. The summed E-state index contributed by atoms with van der Waals surface area (Å²) in [5.74, 6) is -0.617. The number of fused-ring (bicyclic) bond motifs is 1. The number of hydrogen-bond acceptors (Lipinski definition) is 6. The van der Waals surface area contributed by atoms with Gasteiger partial charge in [0.2, 0.25) is 11.8 Å². The van der Waals surface area contributed by atoms with E-state index in [-0.39, 0.29) is 30.8 Å². The minimum Gasteiger partial charge on any atom is -0.378 e. The summed E-state index contributed by atoms with van der Waals surface area (Å²) < 4.78 is 1.57. The molecular formula is C27H31N7O2. The summed E-state index contributed by atoms with van der Waals surface area (Å²) in [4.78, 5) is 35.1. The molecule has 2 aromatic heterocycles. The number of benzene rings is 2. The highest BCUT2D eigenvalue weighted by Gasteiger charge is 2.33. The van der Waals surface area contributed by atoms with Crippen molar-refractivity contribution in [1.29, 1.82) is 0 Å². The van der Waals surface area contributed by atoms with Gasteiger partial charge in [0, 0.05) is 44.4 Å². The number of rotatable bonds is 9. The van der Waals surface area contributed by atoms with Gasteiger partial charge in [-0.15, -0.1) is 5.10 Å². The summed E-state index contributed by atoms with van der Waals surface area (Å²) in [7, 11) is 3.92. The van der Waals surface area contributed by atoms with Crippen LogP contribution < -0.4 is 10.2 Å². The summed E-state index contributed by atoms with van der Waals surface area (Å²) in [6.45, 7) is 4.09. The maximum Gasteiger partial charge on any atom is 0.247 e. The number of nitrogens with one attached hydrogen (secondary N) is 1. The number of carbonyl (C=O) groups is 2. The molecule has 36 heavy (non-hydrogen) atoms. The molecule has 0 saturated heterocycles. The Morgan fingerprint density at radius 3 is 2.42 bits per heavy atom. The number of hydrogen-bond donors (Lipinski definition) is 1. The van der Waals surface area contributed by atoms with E-state index in [9.17, 15) is 9.59 Å². The van der Waals surface area contributed by atoms with Crippen LogP contribution in [0.5, 0.6) is 0 Å². The lowest BCUT2D eigenvalue weighted by atomic mass is 10.00. The van der Waals surface area contributed by atoms with Crippen LogP contribution in [0.25, 0.3) is 11.0 Å². The highest BCUT2D eigenvalue weighted by atomic mass is 16.2. The molecular weight excluding hydrogens is 454 g/mol. The zero-order valence-electron chi connectivity index (χ0n) is 21.0. The van der Waals surface area contributed by atoms with E-state index in [4.69, 9.17) is 0 Å². The third kappa shape index (κ3) is 5.68. The van der Waals surface area contributed by atoms with Gasteiger partial charge in [-0.1, -0.05) is 37.3 Å². The van der Waals surface area contributed by atoms with Gasteiger partial charge in [0.25, 0.3) is 0 Å². The van der Waals surface area contributed by atoms with Crippen LogP contribution in [0.1, 0.15) is 19.4 Å². The fourth-order valence-corrected chi connectivity index (χ4v) is 4.15. The highest BCUT2D eigenvalue weighted by Crippen LogP contribution is 2.21. The van der Waals surface area contributed by atoms with Gasteiger partial charge in [0.15, 0.2) is 0 Å². The maximum absolute atomic E-state index is 13.7. The number of nitrogens with zero attached hydrogens (tertiary/aromatic N) is 6. The van der Waals surface area contributed by atoms with E-state index in [1.165, 1.54) is 0 Å². The van der Waals surface area contributed by atoms with Crippen LogP contribution in [0, 0.1) is 5.92 Å². The molecule has 9 heteroatoms. The first-order valence-electron chi connectivity index (χ1n) is 11.9. The lowest BCUT2D eigenvalue weighted by Gasteiger charge is -2.33. The van der Waals surface area contributed by atoms with E-state index in [1.807, 2.05) is 93.5 Å². The molecule has 1 atom stereocenters. The molecule has 2 amide bonds. The van der Waals surface area contributed by atoms with E-state index in [2.05, 4.69) is 20.6 Å². The van der Waals surface area contributed by atoms with Gasteiger partial charge in [0.1, 0.15) is 18.1 Å². The van der Waals surface area contributed by atoms with Gasteiger partial charge in [-0.3, -0.25) is 14.6 Å². The largest absolute Gasteiger partial charge is 0.378 e. The van der Waals surface area contributed by atoms with E-state index in [0.717, 1.165) is 16.8 Å². The standard InChI is InChI=1S/C27H31N7O2/c1-19(2)26(27(36)29-21-11-13-22(14-12-21)32(3)4)33(17-20-8-7-15-28-16-20)25(35)18-34-24-10-6-5-9-23(24)30-31-34/h5-16,19,26H,17-18H2,1-4H3,(H,29,36). The van der Waals surface area contributed by atoms with Crippen LogP contribution >= 0.6 is 0 Å². The van der Waals surface area contributed by atoms with Crippen molar-refractivity contribution in [1.82, 2.24) is 24.9 Å². The molecule has 0 fully saturated rings. The van der Waals surface area contributed by atoms with Crippen LogP contribution in [-0.2, 0) is 22.7 Å². The Balaban J connectivity index is 1.62. The molecule has 2 heterocycles. The average molecular weight is 486 g/mol. The lowest BCUT2D eigenvalue weighted by molar-refractivity contribution is -0.141. The summed E-state index contributed by atoms with van der Waals surface area (Å²) >= 11 is 0. The molecule has 1 N–H and O–H groups in total. The van der Waals surface area contributed by atoms with E-state index < -0.39 is 6.04 Å². The SMILES string of the molecule is CC(C)C(C(=O)Nc1ccc(N(C)C)cc1)N(Cc1cccnc1)C(=O)Cn1nnc2ccccc21. The van der Waals surface area contributed by atoms with Gasteiger partial charge in [-0.2, -0.15) is 0 Å². The Kier molecular flexibility index (Phi) is 7.58. The number of anilines is 2. The molecule has 0 aliphatic heterocycles. The maximum atomic E-state index is 13.7. The third-order valence-corrected chi connectivity index (χ3v) is 5.99. The Bertz CT molecular complexity index is 1320. The topological polar surface area (TPSA) is 96.2 Å². The third-order valence-electron chi connectivity index (χ3n) is 5.99. The molecule has 4 aromatic rings. The van der Waals surface area contributed by atoms with Gasteiger partial charge >= 0.3 is 0 Å². The monoisotopic (exact) mass is 485 g/mol. The zero-order valence-corrected chi connectivity index (χ0v) is 21.0. The number of para-hydroxylation sites is 1. The minimum absolute atomic E-state index is 0.0329. The first-order valence-corrected chi connectivity index (χ1v) is 11.9. The van der Waals surface area contributed by atoms with E-state index in [0.29, 0.717) is 11.2 Å². The molecule has 0 aliphatic carbocycles. The van der Waals surface area contributed by atoms with Crippen LogP contribution in [-0.4, -0.2) is 56.8 Å². The molecule has 0 radical (unpaired) electrons. The predicted molar refractivity (Wildman–Crippen MR) is 140 cm³/mol. The Morgan fingerprint density at radius 1 is 1.00 bits per heavy atom. The number of amides is 2. The smallest absolute Gasteiger partial charge is 0.247 e. The van der Waals surface area contributed by atoms with Gasteiger partial charge in [0.05, 0.1) is 5.52 Å². The molecule has 4 rings (SSSR count). The molecule has 0 saturated carbocycles. The second-order valence-corrected chi connectivity index (χ2v) is 9.24. The van der Waals surface area contributed by atoms with Crippen LogP contribution in [0.4, 0.5) is 11.4 Å². The number of aromatic nitrogens is 4. The van der Waals surface area contributed by atoms with E-state index >= 15 is 0 Å². The molecule has 0 spiro atoms. The Labute approximate surface area is 210 Å². The lowest BCUT2D eigenvalue weighted by Crippen LogP contribution is -2.50. The molecule has 2 aromatic carbocycles. The predicted octanol–water partition coefficient (Wildman–Crippen LogP) is 3.58. The van der Waals surface area contributed by atoms with Gasteiger partial charge in [-0.25, -0.2) is 4.68 Å². The molecule has 0 bridgehead atoms. The fraction of sp³-hybridized carbons (Fsp3) is 0.296. The van der Waals surface area contributed by atoms with Crippen molar-refractivity contribution < 1.29 is 9.59 Å². The normalized spacial score (nSPS) is 11.9. The quantitative estimate of drug-likeness (QED) is 0.389.